The second-order valence-electron chi connectivity index (χ2n) is 4.30. The van der Waals surface area contributed by atoms with Crippen LogP contribution < -0.4 is 0 Å². The SMILES string of the molecule is COC(=O)C1C(=CC(C)C=O)C1(C)C. The van der Waals surface area contributed by atoms with Gasteiger partial charge in [-0.25, -0.2) is 0 Å². The topological polar surface area (TPSA) is 43.4 Å². The van der Waals surface area contributed by atoms with Crippen LogP contribution in [0.15, 0.2) is 11.6 Å². The Morgan fingerprint density at radius 1 is 1.57 bits per heavy atom. The van der Waals surface area contributed by atoms with E-state index in [0.29, 0.717) is 0 Å². The number of methoxy groups -OCH3 is 1. The van der Waals surface area contributed by atoms with E-state index in [1.807, 2.05) is 26.8 Å². The third-order valence-corrected chi connectivity index (χ3v) is 2.79. The Balaban J connectivity index is 2.80. The van der Waals surface area contributed by atoms with E-state index in [1.54, 1.807) is 0 Å². The molecule has 0 aromatic rings. The molecule has 2 unspecified atom stereocenters. The summed E-state index contributed by atoms with van der Waals surface area (Å²) in [6.07, 6.45) is 2.73. The lowest BCUT2D eigenvalue weighted by Gasteiger charge is -1.97. The molecule has 1 rings (SSSR count). The number of aldehydes is 1. The van der Waals surface area contributed by atoms with Gasteiger partial charge in [0.2, 0.25) is 0 Å². The van der Waals surface area contributed by atoms with Crippen molar-refractivity contribution in [1.82, 2.24) is 0 Å². The van der Waals surface area contributed by atoms with Crippen molar-refractivity contribution in [3.63, 3.8) is 0 Å². The van der Waals surface area contributed by atoms with Crippen LogP contribution in [-0.2, 0) is 14.3 Å². The molecule has 14 heavy (non-hydrogen) atoms. The van der Waals surface area contributed by atoms with Gasteiger partial charge in [-0.05, 0) is 0 Å². The zero-order valence-corrected chi connectivity index (χ0v) is 9.03. The van der Waals surface area contributed by atoms with E-state index in [1.165, 1.54) is 7.11 Å². The minimum Gasteiger partial charge on any atom is -0.469 e. The van der Waals surface area contributed by atoms with E-state index >= 15 is 0 Å². The summed E-state index contributed by atoms with van der Waals surface area (Å²) in [5, 5.41) is 0. The van der Waals surface area contributed by atoms with Crippen LogP contribution in [-0.4, -0.2) is 19.4 Å². The molecule has 0 aliphatic heterocycles. The van der Waals surface area contributed by atoms with E-state index in [2.05, 4.69) is 4.74 Å². The number of esters is 1. The molecule has 0 radical (unpaired) electrons. The molecule has 0 spiro atoms. The third kappa shape index (κ3) is 1.72. The van der Waals surface area contributed by atoms with Crippen molar-refractivity contribution < 1.29 is 14.3 Å². The Morgan fingerprint density at radius 2 is 2.14 bits per heavy atom. The van der Waals surface area contributed by atoms with Crippen LogP contribution in [0.4, 0.5) is 0 Å². The van der Waals surface area contributed by atoms with Crippen molar-refractivity contribution >= 4 is 12.3 Å². The minimum absolute atomic E-state index is 0.126. The smallest absolute Gasteiger partial charge is 0.313 e. The molecule has 1 aliphatic carbocycles. The molecule has 0 saturated heterocycles. The van der Waals surface area contributed by atoms with Gasteiger partial charge in [-0.3, -0.25) is 4.79 Å². The third-order valence-electron chi connectivity index (χ3n) is 2.79. The van der Waals surface area contributed by atoms with Gasteiger partial charge in [0.1, 0.15) is 6.29 Å². The van der Waals surface area contributed by atoms with Crippen molar-refractivity contribution in [2.45, 2.75) is 20.8 Å². The summed E-state index contributed by atoms with van der Waals surface area (Å²) in [5.41, 5.74) is 0.883. The molecule has 1 aliphatic rings. The van der Waals surface area contributed by atoms with Gasteiger partial charge in [0.05, 0.1) is 13.0 Å². The molecular weight excluding hydrogens is 180 g/mol. The fraction of sp³-hybridized carbons (Fsp3) is 0.636. The average molecular weight is 196 g/mol. The monoisotopic (exact) mass is 196 g/mol. The first-order valence-corrected chi connectivity index (χ1v) is 4.70. The van der Waals surface area contributed by atoms with Crippen molar-refractivity contribution in [1.29, 1.82) is 0 Å². The lowest BCUT2D eigenvalue weighted by atomic mass is 10.1. The van der Waals surface area contributed by atoms with Gasteiger partial charge in [-0.15, -0.1) is 0 Å². The molecule has 3 heteroatoms. The fourth-order valence-corrected chi connectivity index (χ4v) is 1.75. The van der Waals surface area contributed by atoms with Gasteiger partial charge >= 0.3 is 5.97 Å². The lowest BCUT2D eigenvalue weighted by molar-refractivity contribution is -0.142. The number of carbonyl (C=O) groups is 2. The Labute approximate surface area is 84.1 Å². The maximum atomic E-state index is 11.3. The highest BCUT2D eigenvalue weighted by Crippen LogP contribution is 2.58. The normalized spacial score (nSPS) is 28.3. The van der Waals surface area contributed by atoms with Crippen LogP contribution in [0.1, 0.15) is 20.8 Å². The number of hydrogen-bond donors (Lipinski definition) is 0. The van der Waals surface area contributed by atoms with Gasteiger partial charge in [0.25, 0.3) is 0 Å². The molecule has 78 valence electrons. The van der Waals surface area contributed by atoms with E-state index in [4.69, 9.17) is 0 Å². The first-order valence-electron chi connectivity index (χ1n) is 4.70. The average Bonchev–Trinajstić information content (AvgIpc) is 2.67. The van der Waals surface area contributed by atoms with Crippen LogP contribution in [0.5, 0.6) is 0 Å². The molecule has 0 bridgehead atoms. The summed E-state index contributed by atoms with van der Waals surface area (Å²) in [7, 11) is 1.39. The van der Waals surface area contributed by atoms with Crippen molar-refractivity contribution in [2.24, 2.45) is 17.3 Å². The quantitative estimate of drug-likeness (QED) is 0.391. The Bertz CT molecular complexity index is 289. The zero-order chi connectivity index (χ0) is 10.9. The van der Waals surface area contributed by atoms with Gasteiger partial charge < -0.3 is 9.53 Å². The molecule has 0 heterocycles. The van der Waals surface area contributed by atoms with Crippen LogP contribution in [0.2, 0.25) is 0 Å². The van der Waals surface area contributed by atoms with Crippen LogP contribution in [0.25, 0.3) is 0 Å². The molecular formula is C11H16O3. The standard InChI is InChI=1S/C11H16O3/c1-7(6-12)5-8-9(10(13)14-4)11(8,2)3/h5-7,9H,1-4H3. The fourth-order valence-electron chi connectivity index (χ4n) is 1.75. The summed E-state index contributed by atoms with van der Waals surface area (Å²) < 4.78 is 4.69. The number of allylic oxidation sites excluding steroid dienone is 1. The second-order valence-corrected chi connectivity index (χ2v) is 4.30. The maximum absolute atomic E-state index is 11.3. The van der Waals surface area contributed by atoms with Crippen molar-refractivity contribution in [3.8, 4) is 0 Å². The predicted molar refractivity (Wildman–Crippen MR) is 52.6 cm³/mol. The summed E-state index contributed by atoms with van der Waals surface area (Å²) in [6.45, 7) is 5.78. The summed E-state index contributed by atoms with van der Waals surface area (Å²) in [6, 6.07) is 0. The Kier molecular flexibility index (Phi) is 2.79. The first-order chi connectivity index (χ1) is 6.45. The van der Waals surface area contributed by atoms with Gasteiger partial charge in [-0.2, -0.15) is 0 Å². The van der Waals surface area contributed by atoms with E-state index in [-0.39, 0.29) is 23.2 Å². The molecule has 0 amide bonds. The summed E-state index contributed by atoms with van der Waals surface area (Å²) in [5.74, 6) is -0.492. The van der Waals surface area contributed by atoms with Crippen molar-refractivity contribution in [3.05, 3.63) is 11.6 Å². The second kappa shape index (κ2) is 3.56. The van der Waals surface area contributed by atoms with Gasteiger partial charge in [0.15, 0.2) is 0 Å². The molecule has 0 aromatic heterocycles. The highest BCUT2D eigenvalue weighted by Gasteiger charge is 2.57. The molecule has 3 nitrogen and oxygen atoms in total. The Morgan fingerprint density at radius 3 is 2.57 bits per heavy atom. The molecule has 0 aromatic carbocycles. The number of rotatable bonds is 3. The number of ether oxygens (including phenoxy) is 1. The minimum atomic E-state index is -0.209. The van der Waals surface area contributed by atoms with E-state index in [0.717, 1.165) is 11.9 Å². The van der Waals surface area contributed by atoms with Gasteiger partial charge in [0, 0.05) is 11.3 Å². The van der Waals surface area contributed by atoms with Crippen LogP contribution >= 0.6 is 0 Å². The predicted octanol–water partition coefficient (Wildman–Crippen LogP) is 1.58. The molecule has 0 N–H and O–H groups in total. The van der Waals surface area contributed by atoms with Crippen molar-refractivity contribution in [2.75, 3.05) is 7.11 Å². The lowest BCUT2D eigenvalue weighted by Crippen LogP contribution is -2.07. The Hall–Kier alpha value is -1.12. The number of carbonyl (C=O) groups excluding carboxylic acids is 2. The van der Waals surface area contributed by atoms with Crippen LogP contribution in [0, 0.1) is 17.3 Å². The van der Waals surface area contributed by atoms with Gasteiger partial charge in [-0.1, -0.05) is 32.4 Å². The largest absolute Gasteiger partial charge is 0.469 e. The molecule has 1 fully saturated rings. The summed E-state index contributed by atoms with van der Waals surface area (Å²) in [4.78, 5) is 21.8. The zero-order valence-electron chi connectivity index (χ0n) is 9.03. The highest BCUT2D eigenvalue weighted by molar-refractivity contribution is 5.84. The first kappa shape index (κ1) is 11.0. The summed E-state index contributed by atoms with van der Waals surface area (Å²) >= 11 is 0. The van der Waals surface area contributed by atoms with E-state index < -0.39 is 0 Å². The number of hydrogen-bond acceptors (Lipinski definition) is 3. The molecule has 1 saturated carbocycles. The highest BCUT2D eigenvalue weighted by atomic mass is 16.5. The maximum Gasteiger partial charge on any atom is 0.313 e. The molecule has 2 atom stereocenters. The van der Waals surface area contributed by atoms with E-state index in [9.17, 15) is 9.59 Å². The van der Waals surface area contributed by atoms with Crippen LogP contribution in [0.3, 0.4) is 0 Å².